The van der Waals surface area contributed by atoms with E-state index in [4.69, 9.17) is 19.4 Å². The van der Waals surface area contributed by atoms with E-state index < -0.39 is 0 Å². The van der Waals surface area contributed by atoms with E-state index >= 15 is 0 Å². The summed E-state index contributed by atoms with van der Waals surface area (Å²) in [6.45, 7) is 0. The first-order valence-electron chi connectivity index (χ1n) is 16.6. The van der Waals surface area contributed by atoms with Crippen molar-refractivity contribution in [3.8, 4) is 56.4 Å². The molecule has 234 valence electrons. The van der Waals surface area contributed by atoms with E-state index in [9.17, 15) is 0 Å². The standard InChI is InChI=1S/C45H27N3OS/c1-3-10-28(11-4-1)30-14-9-15-33(24-30)44-46-43(29-12-5-2-6-13-29)47-45(48-44)34-20-22-36-35-21-18-31(25-39(35)49-40(36)26-34)32-19-23-38-37-16-7-8-17-41(37)50-42(38)27-32/h1-27H. The summed E-state index contributed by atoms with van der Waals surface area (Å²) in [4.78, 5) is 15.0. The minimum Gasteiger partial charge on any atom is -0.456 e. The van der Waals surface area contributed by atoms with Crippen LogP contribution in [0, 0.1) is 0 Å². The number of rotatable bonds is 5. The topological polar surface area (TPSA) is 51.8 Å². The molecule has 0 radical (unpaired) electrons. The zero-order valence-corrected chi connectivity index (χ0v) is 27.6. The zero-order chi connectivity index (χ0) is 33.0. The fourth-order valence-electron chi connectivity index (χ4n) is 6.82. The maximum Gasteiger partial charge on any atom is 0.164 e. The zero-order valence-electron chi connectivity index (χ0n) is 26.7. The summed E-state index contributed by atoms with van der Waals surface area (Å²) in [5, 5.41) is 4.75. The van der Waals surface area contributed by atoms with Crippen LogP contribution in [0.4, 0.5) is 0 Å². The lowest BCUT2D eigenvalue weighted by Crippen LogP contribution is -2.00. The van der Waals surface area contributed by atoms with Crippen LogP contribution < -0.4 is 0 Å². The van der Waals surface area contributed by atoms with Crippen molar-refractivity contribution in [2.45, 2.75) is 0 Å². The molecule has 50 heavy (non-hydrogen) atoms. The second kappa shape index (κ2) is 11.6. The second-order valence-corrected chi connectivity index (χ2v) is 13.5. The maximum absolute atomic E-state index is 6.54. The highest BCUT2D eigenvalue weighted by atomic mass is 32.1. The molecule has 0 aliphatic heterocycles. The Morgan fingerprint density at radius 1 is 0.320 bits per heavy atom. The molecule has 10 rings (SSSR count). The second-order valence-electron chi connectivity index (χ2n) is 12.5. The van der Waals surface area contributed by atoms with Crippen molar-refractivity contribution in [1.82, 2.24) is 15.0 Å². The first-order chi connectivity index (χ1) is 24.7. The van der Waals surface area contributed by atoms with Gasteiger partial charge >= 0.3 is 0 Å². The average molecular weight is 658 g/mol. The smallest absolute Gasteiger partial charge is 0.164 e. The molecule has 7 aromatic carbocycles. The molecule has 5 heteroatoms. The molecule has 4 nitrogen and oxygen atoms in total. The number of hydrogen-bond acceptors (Lipinski definition) is 5. The van der Waals surface area contributed by atoms with Gasteiger partial charge in [0.2, 0.25) is 0 Å². The van der Waals surface area contributed by atoms with Crippen LogP contribution in [0.5, 0.6) is 0 Å². The van der Waals surface area contributed by atoms with E-state index in [0.717, 1.165) is 55.3 Å². The number of aromatic nitrogens is 3. The van der Waals surface area contributed by atoms with Gasteiger partial charge < -0.3 is 4.42 Å². The third-order valence-corrected chi connectivity index (χ3v) is 10.5. The fraction of sp³-hybridized carbons (Fsp3) is 0. The van der Waals surface area contributed by atoms with Crippen molar-refractivity contribution >= 4 is 53.4 Å². The number of nitrogens with zero attached hydrogens (tertiary/aromatic N) is 3. The number of thiophene rings is 1. The quantitative estimate of drug-likeness (QED) is 0.185. The normalized spacial score (nSPS) is 11.6. The highest BCUT2D eigenvalue weighted by Crippen LogP contribution is 2.39. The number of fused-ring (bicyclic) bond motifs is 6. The third-order valence-electron chi connectivity index (χ3n) is 9.34. The SMILES string of the molecule is c1ccc(-c2cccc(-c3nc(-c4ccccc4)nc(-c4ccc5c(c4)oc4cc(-c6ccc7c(c6)sc6ccccc67)ccc45)n3)c2)cc1. The summed E-state index contributed by atoms with van der Waals surface area (Å²) in [6.07, 6.45) is 0. The molecule has 0 N–H and O–H groups in total. The predicted octanol–water partition coefficient (Wildman–Crippen LogP) is 12.5. The Labute approximate surface area is 292 Å². The van der Waals surface area contributed by atoms with Crippen molar-refractivity contribution in [2.24, 2.45) is 0 Å². The van der Waals surface area contributed by atoms with E-state index in [-0.39, 0.29) is 0 Å². The van der Waals surface area contributed by atoms with Gasteiger partial charge in [0.25, 0.3) is 0 Å². The molecular formula is C45H27N3OS. The molecule has 0 amide bonds. The van der Waals surface area contributed by atoms with Crippen molar-refractivity contribution < 1.29 is 4.42 Å². The average Bonchev–Trinajstić information content (AvgIpc) is 3.75. The van der Waals surface area contributed by atoms with Gasteiger partial charge in [-0.25, -0.2) is 15.0 Å². The Morgan fingerprint density at radius 3 is 1.54 bits per heavy atom. The molecule has 0 aliphatic rings. The van der Waals surface area contributed by atoms with Crippen LogP contribution in [0.2, 0.25) is 0 Å². The summed E-state index contributed by atoms with van der Waals surface area (Å²) >= 11 is 1.84. The molecule has 0 bridgehead atoms. The van der Waals surface area contributed by atoms with Crippen LogP contribution in [0.15, 0.2) is 168 Å². The third kappa shape index (κ3) is 4.95. The Kier molecular flexibility index (Phi) is 6.64. The van der Waals surface area contributed by atoms with Gasteiger partial charge in [-0.15, -0.1) is 11.3 Å². The van der Waals surface area contributed by atoms with E-state index in [1.165, 1.54) is 25.7 Å². The van der Waals surface area contributed by atoms with Gasteiger partial charge in [0, 0.05) is 47.6 Å². The van der Waals surface area contributed by atoms with Gasteiger partial charge in [0.15, 0.2) is 17.5 Å². The Morgan fingerprint density at radius 2 is 0.800 bits per heavy atom. The molecule has 0 aliphatic carbocycles. The van der Waals surface area contributed by atoms with Gasteiger partial charge in [0.05, 0.1) is 0 Å². The van der Waals surface area contributed by atoms with Gasteiger partial charge in [-0.1, -0.05) is 121 Å². The fourth-order valence-corrected chi connectivity index (χ4v) is 7.97. The molecule has 0 unspecified atom stereocenters. The summed E-state index contributed by atoms with van der Waals surface area (Å²) in [5.41, 5.74) is 8.93. The molecule has 0 atom stereocenters. The lowest BCUT2D eigenvalue weighted by molar-refractivity contribution is 0.669. The highest BCUT2D eigenvalue weighted by Gasteiger charge is 2.16. The lowest BCUT2D eigenvalue weighted by Gasteiger charge is -2.09. The first kappa shape index (κ1) is 28.6. The molecule has 0 saturated heterocycles. The Balaban J connectivity index is 1.06. The van der Waals surface area contributed by atoms with Gasteiger partial charge in [-0.05, 0) is 64.7 Å². The summed E-state index contributed by atoms with van der Waals surface area (Å²) in [6, 6.07) is 56.9. The summed E-state index contributed by atoms with van der Waals surface area (Å²) < 4.78 is 9.14. The van der Waals surface area contributed by atoms with Gasteiger partial charge in [0.1, 0.15) is 11.2 Å². The van der Waals surface area contributed by atoms with Gasteiger partial charge in [-0.3, -0.25) is 0 Å². The Hall–Kier alpha value is -6.43. The van der Waals surface area contributed by atoms with Crippen LogP contribution in [0.3, 0.4) is 0 Å². The first-order valence-corrected chi connectivity index (χ1v) is 17.4. The number of furan rings is 1. The predicted molar refractivity (Wildman–Crippen MR) is 207 cm³/mol. The molecule has 3 aromatic heterocycles. The van der Waals surface area contributed by atoms with E-state index in [0.29, 0.717) is 17.5 Å². The van der Waals surface area contributed by atoms with Crippen LogP contribution in [0.1, 0.15) is 0 Å². The van der Waals surface area contributed by atoms with Crippen LogP contribution in [-0.4, -0.2) is 15.0 Å². The minimum absolute atomic E-state index is 0.596. The van der Waals surface area contributed by atoms with Crippen LogP contribution >= 0.6 is 11.3 Å². The molecule has 3 heterocycles. The molecule has 0 saturated carbocycles. The summed E-state index contributed by atoms with van der Waals surface area (Å²) in [7, 11) is 0. The van der Waals surface area contributed by atoms with Crippen LogP contribution in [0.25, 0.3) is 98.5 Å². The van der Waals surface area contributed by atoms with Gasteiger partial charge in [-0.2, -0.15) is 0 Å². The van der Waals surface area contributed by atoms with Crippen LogP contribution in [-0.2, 0) is 0 Å². The molecule has 0 fully saturated rings. The van der Waals surface area contributed by atoms with Crippen molar-refractivity contribution in [2.75, 3.05) is 0 Å². The number of hydrogen-bond donors (Lipinski definition) is 0. The molecular weight excluding hydrogens is 631 g/mol. The van der Waals surface area contributed by atoms with Crippen molar-refractivity contribution in [1.29, 1.82) is 0 Å². The van der Waals surface area contributed by atoms with E-state index in [1.807, 2.05) is 53.8 Å². The number of benzene rings is 7. The molecule has 0 spiro atoms. The largest absolute Gasteiger partial charge is 0.456 e. The minimum atomic E-state index is 0.596. The van der Waals surface area contributed by atoms with Crippen molar-refractivity contribution in [3.05, 3.63) is 164 Å². The van der Waals surface area contributed by atoms with E-state index in [2.05, 4.69) is 121 Å². The van der Waals surface area contributed by atoms with Crippen molar-refractivity contribution in [3.63, 3.8) is 0 Å². The molecule has 10 aromatic rings. The monoisotopic (exact) mass is 657 g/mol. The van der Waals surface area contributed by atoms with E-state index in [1.54, 1.807) is 0 Å². The Bertz CT molecular complexity index is 2870. The summed E-state index contributed by atoms with van der Waals surface area (Å²) in [5.74, 6) is 1.84. The highest BCUT2D eigenvalue weighted by molar-refractivity contribution is 7.25. The maximum atomic E-state index is 6.54. The lowest BCUT2D eigenvalue weighted by atomic mass is 10.0.